The largest absolute Gasteiger partial charge is 0.345 e. The normalized spacial score (nSPS) is 16.8. The van der Waals surface area contributed by atoms with Crippen LogP contribution in [-0.2, 0) is 19.2 Å². The van der Waals surface area contributed by atoms with Gasteiger partial charge in [-0.05, 0) is 18.2 Å². The van der Waals surface area contributed by atoms with E-state index in [0.717, 1.165) is 0 Å². The Hall–Kier alpha value is -2.24. The lowest BCUT2D eigenvalue weighted by Gasteiger charge is -2.13. The Bertz CT molecular complexity index is 458. The van der Waals surface area contributed by atoms with Gasteiger partial charge < -0.3 is 9.74 Å². The van der Waals surface area contributed by atoms with Crippen molar-refractivity contribution in [3.63, 3.8) is 0 Å². The molecule has 0 saturated heterocycles. The highest BCUT2D eigenvalue weighted by Gasteiger charge is 2.21. The van der Waals surface area contributed by atoms with Gasteiger partial charge in [0.05, 0.1) is 5.57 Å². The summed E-state index contributed by atoms with van der Waals surface area (Å²) in [4.78, 5) is 39.4. The summed E-state index contributed by atoms with van der Waals surface area (Å²) in [6, 6.07) is 0. The van der Waals surface area contributed by atoms with E-state index in [1.54, 1.807) is 0 Å². The summed E-state index contributed by atoms with van der Waals surface area (Å²) in [5.74, 6) is -1.39. The first kappa shape index (κ1) is 12.8. The Morgan fingerprint density at radius 1 is 1.29 bits per heavy atom. The molecule has 0 radical (unpaired) electrons. The molecule has 0 aromatic heterocycles. The van der Waals surface area contributed by atoms with Crippen molar-refractivity contribution in [1.82, 2.24) is 4.90 Å². The van der Waals surface area contributed by atoms with E-state index in [9.17, 15) is 14.4 Å². The summed E-state index contributed by atoms with van der Waals surface area (Å²) in [7, 11) is 3.08. The lowest BCUT2D eigenvalue weighted by molar-refractivity contribution is -0.140. The van der Waals surface area contributed by atoms with Crippen molar-refractivity contribution in [2.24, 2.45) is 5.16 Å². The van der Waals surface area contributed by atoms with Gasteiger partial charge in [-0.25, -0.2) is 4.79 Å². The van der Waals surface area contributed by atoms with Crippen LogP contribution in [0.5, 0.6) is 0 Å². The van der Waals surface area contributed by atoms with Gasteiger partial charge in [-0.15, -0.1) is 0 Å². The zero-order valence-corrected chi connectivity index (χ0v) is 9.76. The summed E-state index contributed by atoms with van der Waals surface area (Å²) >= 11 is 0. The van der Waals surface area contributed by atoms with Gasteiger partial charge in [0.2, 0.25) is 0 Å². The van der Waals surface area contributed by atoms with Gasteiger partial charge in [0.1, 0.15) is 5.71 Å². The Morgan fingerprint density at radius 2 is 1.94 bits per heavy atom. The highest BCUT2D eigenvalue weighted by Crippen LogP contribution is 2.09. The maximum atomic E-state index is 11.6. The maximum Gasteiger partial charge on any atom is 0.331 e. The first-order valence-corrected chi connectivity index (χ1v) is 4.83. The Balaban J connectivity index is 2.96. The van der Waals surface area contributed by atoms with Gasteiger partial charge in [0.25, 0.3) is 5.91 Å². The zero-order valence-electron chi connectivity index (χ0n) is 9.76. The maximum absolute atomic E-state index is 11.6. The third kappa shape index (κ3) is 3.37. The second-order valence-corrected chi connectivity index (χ2v) is 3.55. The van der Waals surface area contributed by atoms with Crippen molar-refractivity contribution >= 4 is 23.4 Å². The monoisotopic (exact) mass is 236 g/mol. The number of rotatable bonds is 2. The van der Waals surface area contributed by atoms with Crippen molar-refractivity contribution in [1.29, 1.82) is 0 Å². The molecule has 0 aromatic rings. The lowest BCUT2D eigenvalue weighted by atomic mass is 10.0. The Morgan fingerprint density at radius 3 is 2.47 bits per heavy atom. The molecule has 0 unspecified atom stereocenters. The van der Waals surface area contributed by atoms with Crippen LogP contribution in [0.3, 0.4) is 0 Å². The number of allylic oxidation sites excluding steroid dienone is 3. The third-order valence-corrected chi connectivity index (χ3v) is 1.88. The van der Waals surface area contributed by atoms with Crippen LogP contribution < -0.4 is 0 Å². The number of nitrogens with zero attached hydrogens (tertiary/aromatic N) is 2. The van der Waals surface area contributed by atoms with Crippen molar-refractivity contribution in [3.05, 3.63) is 23.8 Å². The summed E-state index contributed by atoms with van der Waals surface area (Å²) in [5, 5.41) is 3.49. The molecule has 90 valence electrons. The predicted octanol–water partition coefficient (Wildman–Crippen LogP) is 0.0590. The third-order valence-electron chi connectivity index (χ3n) is 1.88. The summed E-state index contributed by atoms with van der Waals surface area (Å²) in [6.07, 6.45) is 3.87. The Kier molecular flexibility index (Phi) is 3.92. The summed E-state index contributed by atoms with van der Waals surface area (Å²) in [6.45, 7) is 1.21. The molecule has 0 spiro atoms. The molecule has 0 heterocycles. The van der Waals surface area contributed by atoms with E-state index in [1.165, 1.54) is 44.1 Å². The molecule has 0 atom stereocenters. The van der Waals surface area contributed by atoms with Gasteiger partial charge in [-0.1, -0.05) is 5.16 Å². The SMILES string of the molecule is CC(=O)O/N=C1\C=CC(=O)C(C(=O)N(C)C)=C1. The molecule has 1 aliphatic rings. The van der Waals surface area contributed by atoms with Crippen LogP contribution in [0.1, 0.15) is 6.92 Å². The van der Waals surface area contributed by atoms with Crippen LogP contribution in [-0.4, -0.2) is 42.4 Å². The minimum atomic E-state index is -0.573. The molecule has 0 saturated carbocycles. The van der Waals surface area contributed by atoms with E-state index in [4.69, 9.17) is 0 Å². The van der Waals surface area contributed by atoms with E-state index in [-0.39, 0.29) is 11.3 Å². The lowest BCUT2D eigenvalue weighted by Crippen LogP contribution is -2.28. The minimum Gasteiger partial charge on any atom is -0.345 e. The van der Waals surface area contributed by atoms with Crippen molar-refractivity contribution in [2.75, 3.05) is 14.1 Å². The molecule has 6 nitrogen and oxygen atoms in total. The highest BCUT2D eigenvalue weighted by atomic mass is 16.7. The number of hydrogen-bond acceptors (Lipinski definition) is 5. The zero-order chi connectivity index (χ0) is 13.0. The van der Waals surface area contributed by atoms with Crippen LogP contribution in [0.4, 0.5) is 0 Å². The molecule has 0 aromatic carbocycles. The Labute approximate surface area is 98.2 Å². The van der Waals surface area contributed by atoms with Gasteiger partial charge in [0, 0.05) is 21.0 Å². The molecule has 6 heteroatoms. The molecule has 1 amide bonds. The van der Waals surface area contributed by atoms with Crippen LogP contribution >= 0.6 is 0 Å². The molecule has 0 N–H and O–H groups in total. The number of carbonyl (C=O) groups is 3. The summed E-state index contributed by atoms with van der Waals surface area (Å²) < 4.78 is 0. The molecule has 1 rings (SSSR count). The van der Waals surface area contributed by atoms with Crippen molar-refractivity contribution < 1.29 is 19.2 Å². The van der Waals surface area contributed by atoms with E-state index in [0.29, 0.717) is 0 Å². The van der Waals surface area contributed by atoms with Gasteiger partial charge >= 0.3 is 5.97 Å². The molecule has 0 fully saturated rings. The van der Waals surface area contributed by atoms with Gasteiger partial charge in [0.15, 0.2) is 5.78 Å². The van der Waals surface area contributed by atoms with E-state index >= 15 is 0 Å². The average Bonchev–Trinajstić information content (AvgIpc) is 2.26. The number of ketones is 1. The van der Waals surface area contributed by atoms with Crippen LogP contribution in [0.2, 0.25) is 0 Å². The number of hydrogen-bond donors (Lipinski definition) is 0. The van der Waals surface area contributed by atoms with E-state index in [1.807, 2.05) is 0 Å². The van der Waals surface area contributed by atoms with Crippen LogP contribution in [0, 0.1) is 0 Å². The molecule has 0 aliphatic heterocycles. The molecule has 1 aliphatic carbocycles. The molecule has 17 heavy (non-hydrogen) atoms. The van der Waals surface area contributed by atoms with E-state index in [2.05, 4.69) is 9.99 Å². The summed E-state index contributed by atoms with van der Waals surface area (Å²) in [5.41, 5.74) is 0.230. The van der Waals surface area contributed by atoms with Crippen molar-refractivity contribution in [3.8, 4) is 0 Å². The fourth-order valence-corrected chi connectivity index (χ4v) is 1.10. The number of likely N-dealkylation sites (N-methyl/N-ethyl adjacent to an activating group) is 1. The number of amides is 1. The highest BCUT2D eigenvalue weighted by molar-refractivity contribution is 6.30. The predicted molar refractivity (Wildman–Crippen MR) is 60.1 cm³/mol. The average molecular weight is 236 g/mol. The quantitative estimate of drug-likeness (QED) is 0.294. The second kappa shape index (κ2) is 5.20. The standard InChI is InChI=1S/C11H12N2O4/c1-7(14)17-12-8-4-5-10(15)9(6-8)11(16)13(2)3/h4-6H,1-3H3/b12-8+. The number of carbonyl (C=O) groups excluding carboxylic acids is 3. The van der Waals surface area contributed by atoms with E-state index < -0.39 is 17.7 Å². The fourth-order valence-electron chi connectivity index (χ4n) is 1.10. The van der Waals surface area contributed by atoms with Gasteiger partial charge in [-0.2, -0.15) is 0 Å². The first-order valence-electron chi connectivity index (χ1n) is 4.83. The van der Waals surface area contributed by atoms with Crippen LogP contribution in [0.25, 0.3) is 0 Å². The minimum absolute atomic E-state index is 0.0107. The molecular weight excluding hydrogens is 224 g/mol. The molecule has 0 bridgehead atoms. The van der Waals surface area contributed by atoms with Gasteiger partial charge in [-0.3, -0.25) is 9.59 Å². The smallest absolute Gasteiger partial charge is 0.331 e. The molecular formula is C11H12N2O4. The second-order valence-electron chi connectivity index (χ2n) is 3.55. The fraction of sp³-hybridized carbons (Fsp3) is 0.273. The van der Waals surface area contributed by atoms with Crippen LogP contribution in [0.15, 0.2) is 29.0 Å². The first-order chi connectivity index (χ1) is 7.91. The van der Waals surface area contributed by atoms with Crippen molar-refractivity contribution in [2.45, 2.75) is 6.92 Å². The number of oxime groups is 1. The topological polar surface area (TPSA) is 76.0 Å².